The van der Waals surface area contributed by atoms with Crippen molar-refractivity contribution in [1.29, 1.82) is 0 Å². The Morgan fingerprint density at radius 1 is 0.955 bits per heavy atom. The summed E-state index contributed by atoms with van der Waals surface area (Å²) in [6.07, 6.45) is 5.70. The second-order valence-corrected chi connectivity index (χ2v) is 19.8. The summed E-state index contributed by atoms with van der Waals surface area (Å²) in [5, 5.41) is 8.69. The van der Waals surface area contributed by atoms with E-state index in [4.69, 9.17) is 13.3 Å². The summed E-state index contributed by atoms with van der Waals surface area (Å²) in [5.41, 5.74) is 1.51. The van der Waals surface area contributed by atoms with Crippen molar-refractivity contribution in [3.8, 4) is 0 Å². The second kappa shape index (κ2) is 8.93. The van der Waals surface area contributed by atoms with Crippen LogP contribution in [-0.4, -0.2) is 28.6 Å². The molecule has 0 aromatic carbocycles. The molecule has 0 amide bonds. The minimum atomic E-state index is -2.75. The first-order valence-corrected chi connectivity index (χ1v) is 17.7. The maximum absolute atomic E-state index is 6.14. The van der Waals surface area contributed by atoms with E-state index in [-0.39, 0.29) is 0 Å². The molecule has 0 fully saturated rings. The van der Waals surface area contributed by atoms with Gasteiger partial charge in [-0.1, -0.05) is 0 Å². The van der Waals surface area contributed by atoms with Gasteiger partial charge in [0.15, 0.2) is 0 Å². The zero-order valence-corrected chi connectivity index (χ0v) is 18.6. The van der Waals surface area contributed by atoms with E-state index in [1.54, 1.807) is 3.96 Å². The van der Waals surface area contributed by atoms with Crippen LogP contribution in [0.25, 0.3) is 0 Å². The average Bonchev–Trinajstić information content (AvgIpc) is 2.84. The van der Waals surface area contributed by atoms with E-state index < -0.39 is 24.9 Å². The molecule has 0 saturated heterocycles. The first-order chi connectivity index (χ1) is 10.4. The second-order valence-electron chi connectivity index (χ2n) is 5.70. The van der Waals surface area contributed by atoms with Crippen LogP contribution in [0.2, 0.25) is 15.9 Å². The summed E-state index contributed by atoms with van der Waals surface area (Å²) in [6, 6.07) is 0. The average molecular weight is 510 g/mol. The fourth-order valence-electron chi connectivity index (χ4n) is 2.80. The molecule has 0 spiro atoms. The van der Waals surface area contributed by atoms with E-state index >= 15 is 0 Å². The molecule has 0 heterocycles. The van der Waals surface area contributed by atoms with E-state index in [0.29, 0.717) is 19.8 Å². The molecule has 0 bridgehead atoms. The Hall–Kier alpha value is 0.265. The van der Waals surface area contributed by atoms with Crippen LogP contribution in [0.1, 0.15) is 47.0 Å². The molecule has 0 aliphatic heterocycles. The molecule has 0 saturated carbocycles. The van der Waals surface area contributed by atoms with Gasteiger partial charge in [-0.15, -0.1) is 0 Å². The van der Waals surface area contributed by atoms with Crippen LogP contribution < -0.4 is 0 Å². The van der Waals surface area contributed by atoms with Crippen molar-refractivity contribution in [2.24, 2.45) is 0 Å². The molecule has 0 atom stereocenters. The molecule has 134 valence electrons. The van der Waals surface area contributed by atoms with E-state index in [1.165, 1.54) is 10.8 Å². The predicted octanol–water partition coefficient (Wildman–Crippen LogP) is 5.26. The zero-order chi connectivity index (χ0) is 16.8. The van der Waals surface area contributed by atoms with Gasteiger partial charge in [0.25, 0.3) is 0 Å². The fourth-order valence-corrected chi connectivity index (χ4v) is 10.2. The van der Waals surface area contributed by atoms with E-state index in [2.05, 4.69) is 28.9 Å². The Bertz CT molecular complexity index is 407. The van der Waals surface area contributed by atoms with E-state index in [1.807, 2.05) is 20.8 Å². The fraction of sp³-hybridized carbons (Fsp3) is 0.765. The Morgan fingerprint density at radius 2 is 1.45 bits per heavy atom. The molecule has 1 aliphatic carbocycles. The molecule has 3 nitrogen and oxygen atoms in total. The Balaban J connectivity index is 3.31. The molecule has 22 heavy (non-hydrogen) atoms. The summed E-state index contributed by atoms with van der Waals surface area (Å²) >= 11 is -1.78. The van der Waals surface area contributed by atoms with Gasteiger partial charge < -0.3 is 0 Å². The third-order valence-corrected chi connectivity index (χ3v) is 11.9. The third kappa shape index (κ3) is 4.64. The zero-order valence-electron chi connectivity index (χ0n) is 15.4. The van der Waals surface area contributed by atoms with Crippen molar-refractivity contribution in [1.82, 2.24) is 0 Å². The molecule has 5 heteroatoms. The molecule has 0 unspecified atom stereocenters. The van der Waals surface area contributed by atoms with E-state index in [9.17, 15) is 0 Å². The first kappa shape index (κ1) is 20.3. The van der Waals surface area contributed by atoms with Crippen molar-refractivity contribution in [2.75, 3.05) is 19.8 Å². The molecule has 1 rings (SSSR count). The van der Waals surface area contributed by atoms with Crippen LogP contribution >= 0.6 is 0 Å². The standard InChI is InChI=1S/C14H25O3Si.3CH3.Pt/c1-5-10-13-11-9-12-14(13)18(15-6-2,16-7-3)17-8-4;;;;/h12H,5-10H2,1-4H3;3*1H3;. The molecule has 0 radical (unpaired) electrons. The van der Waals surface area contributed by atoms with Gasteiger partial charge in [0, 0.05) is 0 Å². The van der Waals surface area contributed by atoms with Crippen LogP contribution in [0, 0.1) is 0 Å². The molecule has 1 aliphatic rings. The van der Waals surface area contributed by atoms with Crippen LogP contribution in [0.15, 0.2) is 20.8 Å². The molecule has 0 aromatic rings. The molecular formula is C17H34O3PtSi. The Kier molecular flexibility index (Phi) is 8.25. The monoisotopic (exact) mass is 509 g/mol. The topological polar surface area (TPSA) is 27.7 Å². The van der Waals surface area contributed by atoms with Crippen molar-refractivity contribution in [2.45, 2.75) is 62.9 Å². The SMILES string of the molecule is CCCC1=[C]([Pt]([CH3])([CH3])[CH3])CC=C1[Si](OCC)(OCC)OCC. The third-order valence-electron chi connectivity index (χ3n) is 3.51. The quantitative estimate of drug-likeness (QED) is 0.376. The summed E-state index contributed by atoms with van der Waals surface area (Å²) < 4.78 is 20.1. The summed E-state index contributed by atoms with van der Waals surface area (Å²) in [7, 11) is -2.75. The van der Waals surface area contributed by atoms with E-state index in [0.717, 1.165) is 19.3 Å². The van der Waals surface area contributed by atoms with Gasteiger partial charge in [-0.2, -0.15) is 0 Å². The number of hydrogen-bond donors (Lipinski definition) is 0. The van der Waals surface area contributed by atoms with Gasteiger partial charge in [-0.3, -0.25) is 0 Å². The van der Waals surface area contributed by atoms with Crippen LogP contribution in [0.5, 0.6) is 0 Å². The number of allylic oxidation sites excluding steroid dienone is 4. The van der Waals surface area contributed by atoms with Crippen molar-refractivity contribution in [3.05, 3.63) is 20.8 Å². The Labute approximate surface area is 141 Å². The van der Waals surface area contributed by atoms with Crippen LogP contribution in [0.4, 0.5) is 0 Å². The number of rotatable bonds is 10. The van der Waals surface area contributed by atoms with Crippen molar-refractivity contribution >= 4 is 8.80 Å². The molecule has 0 N–H and O–H groups in total. The van der Waals surface area contributed by atoms with Gasteiger partial charge in [-0.05, 0) is 0 Å². The van der Waals surface area contributed by atoms with Gasteiger partial charge >= 0.3 is 142 Å². The maximum atomic E-state index is 6.14. The van der Waals surface area contributed by atoms with Gasteiger partial charge in [0.05, 0.1) is 0 Å². The molecular weight excluding hydrogens is 475 g/mol. The van der Waals surface area contributed by atoms with Crippen molar-refractivity contribution < 1.29 is 29.3 Å². The van der Waals surface area contributed by atoms with Gasteiger partial charge in [0.1, 0.15) is 0 Å². The Morgan fingerprint density at radius 3 is 1.82 bits per heavy atom. The van der Waals surface area contributed by atoms with Crippen LogP contribution in [0.3, 0.4) is 0 Å². The van der Waals surface area contributed by atoms with Crippen LogP contribution in [-0.2, 0) is 29.3 Å². The number of hydrogen-bond acceptors (Lipinski definition) is 3. The van der Waals surface area contributed by atoms with Gasteiger partial charge in [0.2, 0.25) is 0 Å². The van der Waals surface area contributed by atoms with Crippen molar-refractivity contribution in [3.63, 3.8) is 0 Å². The first-order valence-electron chi connectivity index (χ1n) is 8.07. The molecule has 0 aromatic heterocycles. The summed E-state index contributed by atoms with van der Waals surface area (Å²) in [6.45, 7) is 10.2. The summed E-state index contributed by atoms with van der Waals surface area (Å²) in [4.78, 5) is 0. The predicted molar refractivity (Wildman–Crippen MR) is 92.9 cm³/mol. The normalized spacial score (nSPS) is 17.1. The minimum absolute atomic E-state index is 0.634. The van der Waals surface area contributed by atoms with Gasteiger partial charge in [-0.25, -0.2) is 0 Å². The summed E-state index contributed by atoms with van der Waals surface area (Å²) in [5.74, 6) is 0.